The predicted molar refractivity (Wildman–Crippen MR) is 119 cm³/mol. The molecule has 0 unspecified atom stereocenters. The fourth-order valence-electron chi connectivity index (χ4n) is 3.58. The summed E-state index contributed by atoms with van der Waals surface area (Å²) in [6.07, 6.45) is 6.92. The van der Waals surface area contributed by atoms with Crippen LogP contribution in [0.1, 0.15) is 49.7 Å². The fraction of sp³-hybridized carbons (Fsp3) is 0.333. The Labute approximate surface area is 177 Å². The van der Waals surface area contributed by atoms with Crippen LogP contribution in [0.4, 0.5) is 0 Å². The van der Waals surface area contributed by atoms with E-state index in [0.717, 1.165) is 35.9 Å². The third kappa shape index (κ3) is 4.64. The van der Waals surface area contributed by atoms with Crippen LogP contribution in [0.3, 0.4) is 0 Å². The molecule has 0 aliphatic carbocycles. The molecule has 30 heavy (non-hydrogen) atoms. The number of benzene rings is 1. The number of aryl methyl sites for hydroxylation is 1. The average Bonchev–Trinajstić information content (AvgIpc) is 3.41. The van der Waals surface area contributed by atoms with Crippen LogP contribution in [0.2, 0.25) is 0 Å². The molecule has 0 atom stereocenters. The smallest absolute Gasteiger partial charge is 0.291 e. The second kappa shape index (κ2) is 9.96. The number of furan rings is 1. The minimum absolute atomic E-state index is 0.169. The van der Waals surface area contributed by atoms with E-state index in [1.165, 1.54) is 6.26 Å². The molecule has 0 saturated heterocycles. The summed E-state index contributed by atoms with van der Waals surface area (Å²) >= 11 is 0. The number of para-hydroxylation sites is 1. The summed E-state index contributed by atoms with van der Waals surface area (Å²) in [4.78, 5) is 27.8. The zero-order chi connectivity index (χ0) is 21.5. The Hall–Kier alpha value is -3.28. The Morgan fingerprint density at radius 1 is 1.07 bits per heavy atom. The van der Waals surface area contributed by atoms with Crippen molar-refractivity contribution in [2.45, 2.75) is 40.2 Å². The van der Waals surface area contributed by atoms with Gasteiger partial charge in [-0.15, -0.1) is 0 Å². The maximum atomic E-state index is 13.4. The van der Waals surface area contributed by atoms with Crippen molar-refractivity contribution in [3.05, 3.63) is 65.9 Å². The van der Waals surface area contributed by atoms with Crippen molar-refractivity contribution >= 4 is 28.8 Å². The molecular formula is C24H29N3O3. The highest BCUT2D eigenvalue weighted by Gasteiger charge is 2.21. The molecular weight excluding hydrogens is 378 g/mol. The molecule has 0 fully saturated rings. The number of carbonyl (C=O) groups excluding carboxylic acids is 2. The summed E-state index contributed by atoms with van der Waals surface area (Å²) < 4.78 is 7.34. The van der Waals surface area contributed by atoms with Crippen LogP contribution >= 0.6 is 0 Å². The van der Waals surface area contributed by atoms with Crippen LogP contribution in [0.25, 0.3) is 17.0 Å². The average molecular weight is 408 g/mol. The van der Waals surface area contributed by atoms with Gasteiger partial charge in [-0.3, -0.25) is 9.59 Å². The van der Waals surface area contributed by atoms with E-state index < -0.39 is 5.91 Å². The number of rotatable bonds is 9. The number of nitrogens with zero attached hydrogens (tertiary/aromatic N) is 2. The first-order valence-corrected chi connectivity index (χ1v) is 10.5. The normalized spacial score (nSPS) is 11.6. The topological polar surface area (TPSA) is 67.5 Å². The van der Waals surface area contributed by atoms with Gasteiger partial charge >= 0.3 is 0 Å². The number of amides is 2. The Bertz CT molecular complexity index is 1030. The molecule has 0 bridgehead atoms. The minimum Gasteiger partial charge on any atom is -0.459 e. The molecule has 2 amide bonds. The molecule has 2 aromatic heterocycles. The summed E-state index contributed by atoms with van der Waals surface area (Å²) in [6, 6.07) is 11.3. The molecule has 1 N–H and O–H groups in total. The Kier molecular flexibility index (Phi) is 7.12. The Balaban J connectivity index is 2.04. The van der Waals surface area contributed by atoms with Gasteiger partial charge in [0, 0.05) is 42.3 Å². The van der Waals surface area contributed by atoms with Gasteiger partial charge in [-0.05, 0) is 44.0 Å². The summed E-state index contributed by atoms with van der Waals surface area (Å²) in [5.74, 6) is -0.457. The van der Waals surface area contributed by atoms with E-state index in [4.69, 9.17) is 4.42 Å². The SMILES string of the molecule is CCCN(CCC)C(=O)/C(=C/c1cn(CC)c2ccccc12)NC(=O)c1ccco1. The highest BCUT2D eigenvalue weighted by Crippen LogP contribution is 2.24. The van der Waals surface area contributed by atoms with Crippen LogP contribution in [-0.2, 0) is 11.3 Å². The minimum atomic E-state index is -0.438. The van der Waals surface area contributed by atoms with E-state index >= 15 is 0 Å². The molecule has 0 spiro atoms. The second-order valence-corrected chi connectivity index (χ2v) is 7.17. The quantitative estimate of drug-likeness (QED) is 0.524. The van der Waals surface area contributed by atoms with Crippen molar-refractivity contribution in [1.82, 2.24) is 14.8 Å². The maximum absolute atomic E-state index is 13.4. The first-order valence-electron chi connectivity index (χ1n) is 10.5. The lowest BCUT2D eigenvalue weighted by molar-refractivity contribution is -0.127. The van der Waals surface area contributed by atoms with Crippen molar-refractivity contribution in [2.75, 3.05) is 13.1 Å². The maximum Gasteiger partial charge on any atom is 0.291 e. The van der Waals surface area contributed by atoms with Gasteiger partial charge in [-0.2, -0.15) is 0 Å². The molecule has 0 aliphatic heterocycles. The highest BCUT2D eigenvalue weighted by molar-refractivity contribution is 6.05. The van der Waals surface area contributed by atoms with Gasteiger partial charge in [0.1, 0.15) is 5.70 Å². The number of nitrogens with one attached hydrogen (secondary N) is 1. The van der Waals surface area contributed by atoms with Crippen LogP contribution < -0.4 is 5.32 Å². The number of fused-ring (bicyclic) bond motifs is 1. The molecule has 6 heteroatoms. The van der Waals surface area contributed by atoms with Crippen LogP contribution in [0, 0.1) is 0 Å². The van der Waals surface area contributed by atoms with Gasteiger partial charge in [0.2, 0.25) is 0 Å². The van der Waals surface area contributed by atoms with Gasteiger partial charge < -0.3 is 19.2 Å². The lowest BCUT2D eigenvalue weighted by Crippen LogP contribution is -2.39. The first kappa shape index (κ1) is 21.4. The second-order valence-electron chi connectivity index (χ2n) is 7.17. The van der Waals surface area contributed by atoms with Gasteiger partial charge in [0.25, 0.3) is 11.8 Å². The third-order valence-electron chi connectivity index (χ3n) is 4.96. The summed E-state index contributed by atoms with van der Waals surface area (Å²) in [5, 5.41) is 3.82. The molecule has 0 radical (unpaired) electrons. The van der Waals surface area contributed by atoms with Gasteiger partial charge in [0.05, 0.1) is 6.26 Å². The lowest BCUT2D eigenvalue weighted by atomic mass is 10.1. The zero-order valence-electron chi connectivity index (χ0n) is 17.9. The van der Waals surface area contributed by atoms with Gasteiger partial charge in [-0.25, -0.2) is 0 Å². The molecule has 2 heterocycles. The number of carbonyl (C=O) groups is 2. The van der Waals surface area contributed by atoms with E-state index in [1.54, 1.807) is 23.1 Å². The first-order chi connectivity index (χ1) is 14.6. The number of hydrogen-bond donors (Lipinski definition) is 1. The summed E-state index contributed by atoms with van der Waals surface area (Å²) in [6.45, 7) is 8.24. The van der Waals surface area contributed by atoms with Crippen molar-refractivity contribution in [3.8, 4) is 0 Å². The molecule has 0 saturated carbocycles. The molecule has 3 aromatic rings. The Morgan fingerprint density at radius 3 is 2.43 bits per heavy atom. The predicted octanol–water partition coefficient (Wildman–Crippen LogP) is 4.67. The van der Waals surface area contributed by atoms with Crippen molar-refractivity contribution < 1.29 is 14.0 Å². The molecule has 158 valence electrons. The largest absolute Gasteiger partial charge is 0.459 e. The third-order valence-corrected chi connectivity index (χ3v) is 4.96. The van der Waals surface area contributed by atoms with E-state index in [0.29, 0.717) is 13.1 Å². The van der Waals surface area contributed by atoms with E-state index in [-0.39, 0.29) is 17.4 Å². The van der Waals surface area contributed by atoms with Crippen molar-refractivity contribution in [3.63, 3.8) is 0 Å². The number of aromatic nitrogens is 1. The van der Waals surface area contributed by atoms with Crippen LogP contribution in [0.5, 0.6) is 0 Å². The van der Waals surface area contributed by atoms with Gasteiger partial charge in [0.15, 0.2) is 5.76 Å². The van der Waals surface area contributed by atoms with E-state index in [2.05, 4.69) is 22.9 Å². The van der Waals surface area contributed by atoms with Crippen LogP contribution in [0.15, 0.2) is 59.0 Å². The van der Waals surface area contributed by atoms with Crippen molar-refractivity contribution in [2.24, 2.45) is 0 Å². The molecule has 6 nitrogen and oxygen atoms in total. The summed E-state index contributed by atoms with van der Waals surface area (Å²) in [5.41, 5.74) is 2.23. The van der Waals surface area contributed by atoms with Crippen molar-refractivity contribution in [1.29, 1.82) is 0 Å². The summed E-state index contributed by atoms with van der Waals surface area (Å²) in [7, 11) is 0. The standard InChI is InChI=1S/C24H29N3O3/c1-4-13-27(14-5-2)24(29)20(25-23(28)22-12-9-15-30-22)16-18-17-26(6-3)21-11-8-7-10-19(18)21/h7-12,15-17H,4-6,13-14H2,1-3H3,(H,25,28)/b20-16-. The molecule has 3 rings (SSSR count). The van der Waals surface area contributed by atoms with E-state index in [1.807, 2.05) is 38.2 Å². The fourth-order valence-corrected chi connectivity index (χ4v) is 3.58. The monoisotopic (exact) mass is 407 g/mol. The Morgan fingerprint density at radius 2 is 1.80 bits per heavy atom. The lowest BCUT2D eigenvalue weighted by Gasteiger charge is -2.23. The van der Waals surface area contributed by atoms with E-state index in [9.17, 15) is 9.59 Å². The zero-order valence-corrected chi connectivity index (χ0v) is 17.9. The van der Waals surface area contributed by atoms with Crippen LogP contribution in [-0.4, -0.2) is 34.4 Å². The highest BCUT2D eigenvalue weighted by atomic mass is 16.3. The molecule has 0 aliphatic rings. The van der Waals surface area contributed by atoms with Gasteiger partial charge in [-0.1, -0.05) is 32.0 Å². The number of hydrogen-bond acceptors (Lipinski definition) is 3. The molecule has 1 aromatic carbocycles.